The van der Waals surface area contributed by atoms with Crippen molar-refractivity contribution in [2.24, 2.45) is 5.73 Å². The first-order chi connectivity index (χ1) is 11.8. The predicted octanol–water partition coefficient (Wildman–Crippen LogP) is 5.98. The van der Waals surface area contributed by atoms with Crippen molar-refractivity contribution in [2.75, 3.05) is 6.54 Å². The Hall–Kier alpha value is -1.81. The lowest BCUT2D eigenvalue weighted by molar-refractivity contribution is 0.748. The molecular weight excluding hydrogens is 336 g/mol. The second kappa shape index (κ2) is 6.60. The van der Waals surface area contributed by atoms with E-state index < -0.39 is 0 Å². The standard InChI is InChI=1S/C20H19ClN2S/c21-13-8-9-18-16(11-13)15(6-3-4-10-22)20(23-18)17-12-24-19-7-2-1-5-14(17)19/h1-2,5,7-9,11-12,23H,3-4,6,10,22H2. The van der Waals surface area contributed by atoms with Gasteiger partial charge in [0.25, 0.3) is 0 Å². The van der Waals surface area contributed by atoms with Gasteiger partial charge in [0, 0.05) is 37.0 Å². The number of nitrogens with one attached hydrogen (secondary N) is 1. The second-order valence-electron chi connectivity index (χ2n) is 6.06. The molecule has 0 atom stereocenters. The van der Waals surface area contributed by atoms with Crippen molar-refractivity contribution in [2.45, 2.75) is 19.3 Å². The lowest BCUT2D eigenvalue weighted by atomic mass is 10.00. The third-order valence-corrected chi connectivity index (χ3v) is 5.70. The van der Waals surface area contributed by atoms with Crippen molar-refractivity contribution in [1.82, 2.24) is 4.98 Å². The first-order valence-electron chi connectivity index (χ1n) is 8.24. The van der Waals surface area contributed by atoms with Crippen LogP contribution in [0, 0.1) is 0 Å². The number of aryl methyl sites for hydroxylation is 1. The maximum absolute atomic E-state index is 6.25. The largest absolute Gasteiger partial charge is 0.354 e. The van der Waals surface area contributed by atoms with Gasteiger partial charge in [-0.2, -0.15) is 0 Å². The summed E-state index contributed by atoms with van der Waals surface area (Å²) in [7, 11) is 0. The SMILES string of the molecule is NCCCCc1c(-c2csc3ccccc23)[nH]c2ccc(Cl)cc12. The van der Waals surface area contributed by atoms with Gasteiger partial charge in [0.1, 0.15) is 0 Å². The van der Waals surface area contributed by atoms with Crippen LogP contribution in [0.25, 0.3) is 32.2 Å². The van der Waals surface area contributed by atoms with Crippen molar-refractivity contribution in [3.63, 3.8) is 0 Å². The fraction of sp³-hybridized carbons (Fsp3) is 0.200. The van der Waals surface area contributed by atoms with Gasteiger partial charge in [0.15, 0.2) is 0 Å². The summed E-state index contributed by atoms with van der Waals surface area (Å²) in [5.74, 6) is 0. The topological polar surface area (TPSA) is 41.8 Å². The van der Waals surface area contributed by atoms with Crippen molar-refractivity contribution < 1.29 is 0 Å². The van der Waals surface area contributed by atoms with Crippen LogP contribution >= 0.6 is 22.9 Å². The summed E-state index contributed by atoms with van der Waals surface area (Å²) in [6.07, 6.45) is 3.14. The molecule has 122 valence electrons. The Bertz CT molecular complexity index is 999. The van der Waals surface area contributed by atoms with Crippen molar-refractivity contribution in [1.29, 1.82) is 0 Å². The molecule has 0 bridgehead atoms. The van der Waals surface area contributed by atoms with E-state index in [-0.39, 0.29) is 0 Å². The molecule has 2 heterocycles. The number of hydrogen-bond acceptors (Lipinski definition) is 2. The van der Waals surface area contributed by atoms with E-state index >= 15 is 0 Å². The zero-order chi connectivity index (χ0) is 16.5. The molecule has 4 rings (SSSR count). The molecule has 0 aliphatic rings. The Labute approximate surface area is 150 Å². The Morgan fingerprint density at radius 3 is 2.79 bits per heavy atom. The number of benzene rings is 2. The number of rotatable bonds is 5. The maximum Gasteiger partial charge on any atom is 0.0512 e. The lowest BCUT2D eigenvalue weighted by Gasteiger charge is -2.05. The average molecular weight is 355 g/mol. The highest BCUT2D eigenvalue weighted by molar-refractivity contribution is 7.17. The third kappa shape index (κ3) is 2.73. The van der Waals surface area contributed by atoms with Gasteiger partial charge in [-0.3, -0.25) is 0 Å². The van der Waals surface area contributed by atoms with Crippen LogP contribution in [-0.2, 0) is 6.42 Å². The van der Waals surface area contributed by atoms with Gasteiger partial charge in [-0.1, -0.05) is 29.8 Å². The summed E-state index contributed by atoms with van der Waals surface area (Å²) in [5.41, 5.74) is 10.7. The number of aromatic amines is 1. The highest BCUT2D eigenvalue weighted by atomic mass is 35.5. The van der Waals surface area contributed by atoms with Crippen molar-refractivity contribution in [3.8, 4) is 11.3 Å². The minimum Gasteiger partial charge on any atom is -0.354 e. The van der Waals surface area contributed by atoms with Gasteiger partial charge >= 0.3 is 0 Å². The van der Waals surface area contributed by atoms with Gasteiger partial charge in [0.05, 0.1) is 5.69 Å². The highest BCUT2D eigenvalue weighted by Gasteiger charge is 2.16. The predicted molar refractivity (Wildman–Crippen MR) is 106 cm³/mol. The Balaban J connectivity index is 1.91. The number of unbranched alkanes of at least 4 members (excludes halogenated alkanes) is 1. The molecule has 0 amide bonds. The molecule has 2 nitrogen and oxygen atoms in total. The Morgan fingerprint density at radius 2 is 1.92 bits per heavy atom. The average Bonchev–Trinajstić information content (AvgIpc) is 3.16. The number of thiophene rings is 1. The van der Waals surface area contributed by atoms with Crippen LogP contribution in [0.1, 0.15) is 18.4 Å². The fourth-order valence-corrected chi connectivity index (χ4v) is 4.45. The number of nitrogens with two attached hydrogens (primary N) is 1. The fourth-order valence-electron chi connectivity index (χ4n) is 3.33. The third-order valence-electron chi connectivity index (χ3n) is 4.50. The summed E-state index contributed by atoms with van der Waals surface area (Å²) in [4.78, 5) is 3.63. The summed E-state index contributed by atoms with van der Waals surface area (Å²) in [6.45, 7) is 0.736. The summed E-state index contributed by atoms with van der Waals surface area (Å²) >= 11 is 8.04. The van der Waals surface area contributed by atoms with Crippen molar-refractivity contribution >= 4 is 43.9 Å². The molecule has 2 aromatic heterocycles. The first kappa shape index (κ1) is 15.7. The molecule has 0 unspecified atom stereocenters. The number of aromatic nitrogens is 1. The van der Waals surface area contributed by atoms with Crippen LogP contribution in [-0.4, -0.2) is 11.5 Å². The normalized spacial score (nSPS) is 11.6. The van der Waals surface area contributed by atoms with Crippen LogP contribution in [0.4, 0.5) is 0 Å². The molecule has 0 saturated carbocycles. The van der Waals surface area contributed by atoms with Gasteiger partial charge in [-0.25, -0.2) is 0 Å². The van der Waals surface area contributed by atoms with E-state index in [1.165, 1.54) is 32.3 Å². The van der Waals surface area contributed by atoms with Crippen LogP contribution in [0.15, 0.2) is 47.8 Å². The molecule has 0 saturated heterocycles. The molecule has 0 spiro atoms. The Morgan fingerprint density at radius 1 is 1.04 bits per heavy atom. The van der Waals surface area contributed by atoms with Crippen LogP contribution < -0.4 is 5.73 Å². The van der Waals surface area contributed by atoms with Gasteiger partial charge in [0.2, 0.25) is 0 Å². The van der Waals surface area contributed by atoms with E-state index in [0.29, 0.717) is 0 Å². The van der Waals surface area contributed by atoms with E-state index in [9.17, 15) is 0 Å². The molecule has 0 aliphatic carbocycles. The van der Waals surface area contributed by atoms with Gasteiger partial charge in [-0.05, 0) is 55.6 Å². The monoisotopic (exact) mass is 354 g/mol. The summed E-state index contributed by atoms with van der Waals surface area (Å²) < 4.78 is 1.32. The molecule has 4 aromatic rings. The van der Waals surface area contributed by atoms with E-state index in [1.807, 2.05) is 6.07 Å². The first-order valence-corrected chi connectivity index (χ1v) is 9.50. The zero-order valence-corrected chi connectivity index (χ0v) is 14.9. The molecule has 0 aliphatic heterocycles. The molecule has 24 heavy (non-hydrogen) atoms. The van der Waals surface area contributed by atoms with E-state index in [4.69, 9.17) is 17.3 Å². The molecule has 3 N–H and O–H groups in total. The van der Waals surface area contributed by atoms with Crippen LogP contribution in [0.5, 0.6) is 0 Å². The Kier molecular flexibility index (Phi) is 4.31. The van der Waals surface area contributed by atoms with E-state index in [1.54, 1.807) is 11.3 Å². The minimum atomic E-state index is 0.736. The van der Waals surface area contributed by atoms with E-state index in [2.05, 4.69) is 46.8 Å². The summed E-state index contributed by atoms with van der Waals surface area (Å²) in [5, 5.41) is 5.57. The quantitative estimate of drug-likeness (QED) is 0.425. The van der Waals surface area contributed by atoms with Crippen LogP contribution in [0.3, 0.4) is 0 Å². The zero-order valence-electron chi connectivity index (χ0n) is 13.3. The molecule has 2 aromatic carbocycles. The number of fused-ring (bicyclic) bond motifs is 2. The minimum absolute atomic E-state index is 0.736. The molecule has 4 heteroatoms. The maximum atomic E-state index is 6.25. The number of halogens is 1. The second-order valence-corrected chi connectivity index (χ2v) is 7.41. The van der Waals surface area contributed by atoms with Gasteiger partial charge in [-0.15, -0.1) is 11.3 Å². The summed E-state index contributed by atoms with van der Waals surface area (Å²) in [6, 6.07) is 14.7. The number of hydrogen-bond donors (Lipinski definition) is 2. The molecule has 0 fully saturated rings. The highest BCUT2D eigenvalue weighted by Crippen LogP contribution is 2.39. The molecular formula is C20H19ClN2S. The van der Waals surface area contributed by atoms with E-state index in [0.717, 1.165) is 36.3 Å². The lowest BCUT2D eigenvalue weighted by Crippen LogP contribution is -1.99. The smallest absolute Gasteiger partial charge is 0.0512 e. The van der Waals surface area contributed by atoms with Crippen molar-refractivity contribution in [3.05, 3.63) is 58.4 Å². The number of H-pyrrole nitrogens is 1. The van der Waals surface area contributed by atoms with Gasteiger partial charge < -0.3 is 10.7 Å². The molecule has 0 radical (unpaired) electrons. The van der Waals surface area contributed by atoms with Crippen LogP contribution in [0.2, 0.25) is 5.02 Å².